The topological polar surface area (TPSA) is 94.3 Å². The number of anilines is 1. The van der Waals surface area contributed by atoms with Crippen LogP contribution < -0.4 is 5.32 Å². The number of nitrogens with zero attached hydrogens (tertiary/aromatic N) is 2. The molecule has 0 fully saturated rings. The number of benzene rings is 2. The molecular formula is C19H16BrN3O4S. The summed E-state index contributed by atoms with van der Waals surface area (Å²) in [5, 5.41) is 11.0. The highest BCUT2D eigenvalue weighted by molar-refractivity contribution is 9.10. The predicted octanol–water partition coefficient (Wildman–Crippen LogP) is 4.41. The van der Waals surface area contributed by atoms with Crippen molar-refractivity contribution in [3.63, 3.8) is 0 Å². The molecule has 0 spiro atoms. The average Bonchev–Trinajstić information content (AvgIpc) is 3.16. The summed E-state index contributed by atoms with van der Waals surface area (Å²) >= 11 is 4.50. The molecule has 2 aromatic carbocycles. The smallest absolute Gasteiger partial charge is 0.338 e. The van der Waals surface area contributed by atoms with Crippen LogP contribution in [0.2, 0.25) is 0 Å². The van der Waals surface area contributed by atoms with Crippen LogP contribution in [0.5, 0.6) is 0 Å². The highest BCUT2D eigenvalue weighted by Crippen LogP contribution is 2.24. The number of amides is 1. The summed E-state index contributed by atoms with van der Waals surface area (Å²) < 4.78 is 11.5. The molecule has 144 valence electrons. The first kappa shape index (κ1) is 20.1. The Labute approximate surface area is 174 Å². The van der Waals surface area contributed by atoms with E-state index in [1.54, 1.807) is 31.2 Å². The number of thioether (sulfide) groups is 1. The number of rotatable bonds is 7. The van der Waals surface area contributed by atoms with Gasteiger partial charge in [-0.25, -0.2) is 4.79 Å². The highest BCUT2D eigenvalue weighted by atomic mass is 79.9. The molecule has 3 rings (SSSR count). The minimum atomic E-state index is -0.431. The molecule has 1 amide bonds. The Balaban J connectivity index is 1.56. The molecule has 1 heterocycles. The van der Waals surface area contributed by atoms with E-state index in [0.29, 0.717) is 29.0 Å². The summed E-state index contributed by atoms with van der Waals surface area (Å²) in [6.07, 6.45) is 0. The van der Waals surface area contributed by atoms with Crippen LogP contribution in [0.4, 0.5) is 5.69 Å². The number of hydrogen-bond donors (Lipinski definition) is 1. The first-order valence-corrected chi connectivity index (χ1v) is 10.1. The van der Waals surface area contributed by atoms with Crippen LogP contribution in [-0.2, 0) is 9.53 Å². The van der Waals surface area contributed by atoms with Crippen molar-refractivity contribution in [2.75, 3.05) is 17.7 Å². The number of carbonyl (C=O) groups excluding carboxylic acids is 2. The van der Waals surface area contributed by atoms with E-state index in [0.717, 1.165) is 21.8 Å². The van der Waals surface area contributed by atoms with Crippen LogP contribution in [0, 0.1) is 0 Å². The Hall–Kier alpha value is -2.65. The lowest BCUT2D eigenvalue weighted by atomic mass is 10.2. The number of nitrogens with one attached hydrogen (secondary N) is 1. The van der Waals surface area contributed by atoms with Crippen molar-refractivity contribution in [2.24, 2.45) is 0 Å². The maximum absolute atomic E-state index is 12.2. The first-order valence-electron chi connectivity index (χ1n) is 8.34. The molecule has 1 aromatic heterocycles. The summed E-state index contributed by atoms with van der Waals surface area (Å²) in [7, 11) is 0. The predicted molar refractivity (Wildman–Crippen MR) is 109 cm³/mol. The maximum Gasteiger partial charge on any atom is 0.338 e. The summed E-state index contributed by atoms with van der Waals surface area (Å²) in [5.74, 6) is -0.211. The van der Waals surface area contributed by atoms with Gasteiger partial charge >= 0.3 is 5.97 Å². The molecule has 0 unspecified atom stereocenters. The Morgan fingerprint density at radius 1 is 1.18 bits per heavy atom. The third kappa shape index (κ3) is 5.43. The third-order valence-electron chi connectivity index (χ3n) is 3.48. The van der Waals surface area contributed by atoms with Crippen LogP contribution in [0.3, 0.4) is 0 Å². The van der Waals surface area contributed by atoms with Crippen molar-refractivity contribution in [1.82, 2.24) is 10.2 Å². The van der Waals surface area contributed by atoms with Gasteiger partial charge < -0.3 is 14.5 Å². The minimum absolute atomic E-state index is 0.0889. The van der Waals surface area contributed by atoms with Crippen molar-refractivity contribution in [3.05, 3.63) is 58.6 Å². The van der Waals surface area contributed by atoms with E-state index in [-0.39, 0.29) is 11.7 Å². The van der Waals surface area contributed by atoms with Crippen LogP contribution in [0.25, 0.3) is 11.5 Å². The van der Waals surface area contributed by atoms with Gasteiger partial charge in [0.2, 0.25) is 11.8 Å². The Kier molecular flexibility index (Phi) is 6.83. The molecule has 0 saturated heterocycles. The molecule has 1 N–H and O–H groups in total. The summed E-state index contributed by atoms with van der Waals surface area (Å²) in [4.78, 5) is 23.9. The molecular weight excluding hydrogens is 446 g/mol. The molecule has 0 aliphatic rings. The average molecular weight is 462 g/mol. The molecule has 0 saturated carbocycles. The monoisotopic (exact) mass is 461 g/mol. The standard InChI is InChI=1S/C19H16BrN3O4S/c1-2-26-18(25)13-4-3-5-15(10-13)21-16(24)11-28-19-23-22-17(27-19)12-6-8-14(20)9-7-12/h3-10H,2,11H2,1H3,(H,21,24). The number of halogens is 1. The van der Waals surface area contributed by atoms with Gasteiger partial charge in [0.15, 0.2) is 0 Å². The van der Waals surface area contributed by atoms with Crippen molar-refractivity contribution >= 4 is 45.3 Å². The number of carbonyl (C=O) groups is 2. The van der Waals surface area contributed by atoms with Gasteiger partial charge in [-0.3, -0.25) is 4.79 Å². The molecule has 7 nitrogen and oxygen atoms in total. The normalized spacial score (nSPS) is 10.5. The van der Waals surface area contributed by atoms with Gasteiger partial charge in [-0.05, 0) is 49.4 Å². The zero-order valence-corrected chi connectivity index (χ0v) is 17.2. The summed E-state index contributed by atoms with van der Waals surface area (Å²) in [5.41, 5.74) is 1.68. The largest absolute Gasteiger partial charge is 0.462 e. The Bertz CT molecular complexity index is 975. The fourth-order valence-electron chi connectivity index (χ4n) is 2.24. The van der Waals surface area contributed by atoms with Crippen molar-refractivity contribution in [2.45, 2.75) is 12.1 Å². The lowest BCUT2D eigenvalue weighted by Crippen LogP contribution is -2.14. The first-order chi connectivity index (χ1) is 13.5. The van der Waals surface area contributed by atoms with E-state index >= 15 is 0 Å². The van der Waals surface area contributed by atoms with Gasteiger partial charge in [-0.2, -0.15) is 0 Å². The lowest BCUT2D eigenvalue weighted by molar-refractivity contribution is -0.113. The van der Waals surface area contributed by atoms with E-state index < -0.39 is 5.97 Å². The lowest BCUT2D eigenvalue weighted by Gasteiger charge is -2.06. The number of esters is 1. The molecule has 28 heavy (non-hydrogen) atoms. The van der Waals surface area contributed by atoms with Crippen LogP contribution in [0.15, 0.2) is 62.6 Å². The number of hydrogen-bond acceptors (Lipinski definition) is 7. The van der Waals surface area contributed by atoms with Gasteiger partial charge in [-0.15, -0.1) is 10.2 Å². The van der Waals surface area contributed by atoms with Crippen molar-refractivity contribution < 1.29 is 18.7 Å². The summed E-state index contributed by atoms with van der Waals surface area (Å²) in [6.45, 7) is 2.03. The molecule has 3 aromatic rings. The SMILES string of the molecule is CCOC(=O)c1cccc(NC(=O)CSc2nnc(-c3ccc(Br)cc3)o2)c1. The maximum atomic E-state index is 12.2. The third-order valence-corrected chi connectivity index (χ3v) is 4.83. The second-order valence-corrected chi connectivity index (χ2v) is 7.36. The second kappa shape index (κ2) is 9.52. The number of aromatic nitrogens is 2. The quantitative estimate of drug-likeness (QED) is 0.411. The zero-order chi connectivity index (χ0) is 19.9. The van der Waals surface area contributed by atoms with Gasteiger partial charge in [0, 0.05) is 15.7 Å². The van der Waals surface area contributed by atoms with E-state index in [2.05, 4.69) is 31.4 Å². The van der Waals surface area contributed by atoms with Crippen LogP contribution >= 0.6 is 27.7 Å². The fraction of sp³-hybridized carbons (Fsp3) is 0.158. The van der Waals surface area contributed by atoms with E-state index in [1.165, 1.54) is 0 Å². The fourth-order valence-corrected chi connectivity index (χ4v) is 3.07. The van der Waals surface area contributed by atoms with Gasteiger partial charge in [0.05, 0.1) is 17.9 Å². The second-order valence-electron chi connectivity index (χ2n) is 5.52. The van der Waals surface area contributed by atoms with E-state index in [1.807, 2.05) is 24.3 Å². The minimum Gasteiger partial charge on any atom is -0.462 e. The Morgan fingerprint density at radius 2 is 1.96 bits per heavy atom. The molecule has 9 heteroatoms. The highest BCUT2D eigenvalue weighted by Gasteiger charge is 2.12. The summed E-state index contributed by atoms with van der Waals surface area (Å²) in [6, 6.07) is 14.0. The van der Waals surface area contributed by atoms with Crippen LogP contribution in [0.1, 0.15) is 17.3 Å². The van der Waals surface area contributed by atoms with E-state index in [9.17, 15) is 9.59 Å². The molecule has 0 atom stereocenters. The van der Waals surface area contributed by atoms with E-state index in [4.69, 9.17) is 9.15 Å². The van der Waals surface area contributed by atoms with Crippen molar-refractivity contribution in [1.29, 1.82) is 0 Å². The van der Waals surface area contributed by atoms with Gasteiger partial charge in [0.1, 0.15) is 0 Å². The number of ether oxygens (including phenoxy) is 1. The molecule has 0 bridgehead atoms. The Morgan fingerprint density at radius 3 is 2.71 bits per heavy atom. The van der Waals surface area contributed by atoms with Crippen molar-refractivity contribution in [3.8, 4) is 11.5 Å². The van der Waals surface area contributed by atoms with Gasteiger partial charge in [-0.1, -0.05) is 33.8 Å². The van der Waals surface area contributed by atoms with Gasteiger partial charge in [0.25, 0.3) is 5.22 Å². The molecule has 0 aliphatic heterocycles. The molecule has 0 radical (unpaired) electrons. The van der Waals surface area contributed by atoms with Crippen LogP contribution in [-0.4, -0.2) is 34.4 Å². The molecule has 0 aliphatic carbocycles. The zero-order valence-electron chi connectivity index (χ0n) is 14.8.